The van der Waals surface area contributed by atoms with Crippen molar-refractivity contribution in [3.63, 3.8) is 0 Å². The molecule has 0 amide bonds. The van der Waals surface area contributed by atoms with E-state index >= 15 is 0 Å². The van der Waals surface area contributed by atoms with Crippen LogP contribution in [0, 0.1) is 11.8 Å². The van der Waals surface area contributed by atoms with Crippen molar-refractivity contribution in [2.75, 3.05) is 0 Å². The lowest BCUT2D eigenvalue weighted by Crippen LogP contribution is -2.52. The Morgan fingerprint density at radius 3 is 2.29 bits per heavy atom. The second-order valence-electron chi connectivity index (χ2n) is 5.98. The topological polar surface area (TPSA) is 9.23 Å². The molecule has 17 heavy (non-hydrogen) atoms. The van der Waals surface area contributed by atoms with Gasteiger partial charge in [0.1, 0.15) is 0 Å². The van der Waals surface area contributed by atoms with Crippen molar-refractivity contribution >= 4 is 23.5 Å². The Morgan fingerprint density at radius 2 is 1.88 bits per heavy atom. The molecule has 0 aliphatic heterocycles. The van der Waals surface area contributed by atoms with E-state index in [1.807, 2.05) is 6.92 Å². The molecule has 0 N–H and O–H groups in total. The number of rotatable bonds is 7. The summed E-state index contributed by atoms with van der Waals surface area (Å²) in [5.74, 6) is 1.60. The van der Waals surface area contributed by atoms with Gasteiger partial charge in [0.25, 0.3) is 0 Å². The third-order valence-electron chi connectivity index (χ3n) is 3.81. The largest absolute Gasteiger partial charge is 0.397 e. The average molecular weight is 228 g/mol. The summed E-state index contributed by atoms with van der Waals surface area (Å²) in [7, 11) is 16.5. The number of ether oxygens (including phenoxy) is 1. The first kappa shape index (κ1) is 15.2. The summed E-state index contributed by atoms with van der Waals surface area (Å²) in [6.45, 7) is 6.58. The van der Waals surface area contributed by atoms with Crippen LogP contribution < -0.4 is 0 Å². The van der Waals surface area contributed by atoms with Gasteiger partial charge in [0.05, 0.1) is 29.1 Å². The summed E-state index contributed by atoms with van der Waals surface area (Å²) < 4.78 is 5.50. The molecule has 1 nitrogen and oxygen atoms in total. The number of hydrogen-bond donors (Lipinski definition) is 0. The van der Waals surface area contributed by atoms with Gasteiger partial charge in [-0.2, -0.15) is 0 Å². The molecule has 1 aliphatic carbocycles. The fourth-order valence-corrected chi connectivity index (χ4v) is 3.21. The van der Waals surface area contributed by atoms with Crippen LogP contribution in [0.5, 0.6) is 0 Å². The molecule has 0 aromatic heterocycles. The van der Waals surface area contributed by atoms with Gasteiger partial charge >= 0.3 is 0 Å². The molecular weight excluding hydrogens is 205 g/mol. The highest BCUT2D eigenvalue weighted by atomic mass is 16.5. The van der Waals surface area contributed by atoms with Crippen LogP contribution in [-0.4, -0.2) is 34.4 Å². The van der Waals surface area contributed by atoms with Crippen molar-refractivity contribution in [3.05, 3.63) is 0 Å². The van der Waals surface area contributed by atoms with Crippen molar-refractivity contribution in [1.82, 2.24) is 0 Å². The standard InChI is InChI=1S/C13H23B3O/c1-4-6-10(5-2)7-11-8-12(3,9-11)17-13(14,15)16/h10-11H,4-9H2,1-3H3. The molecule has 0 spiro atoms. The van der Waals surface area contributed by atoms with Crippen LogP contribution in [0.25, 0.3) is 0 Å². The van der Waals surface area contributed by atoms with E-state index in [-0.39, 0.29) is 5.60 Å². The highest BCUT2D eigenvalue weighted by Crippen LogP contribution is 2.45. The van der Waals surface area contributed by atoms with Crippen LogP contribution in [0.3, 0.4) is 0 Å². The van der Waals surface area contributed by atoms with E-state index in [9.17, 15) is 0 Å². The normalized spacial score (nSPS) is 30.9. The lowest BCUT2D eigenvalue weighted by atomic mass is 9.51. The summed E-state index contributed by atoms with van der Waals surface area (Å²) >= 11 is 0. The van der Waals surface area contributed by atoms with E-state index < -0.39 is 5.30 Å². The van der Waals surface area contributed by atoms with Crippen LogP contribution in [0.1, 0.15) is 59.3 Å². The van der Waals surface area contributed by atoms with Crippen molar-refractivity contribution in [3.8, 4) is 0 Å². The van der Waals surface area contributed by atoms with Crippen LogP contribution in [0.15, 0.2) is 0 Å². The Bertz CT molecular complexity index is 231. The first-order valence-corrected chi connectivity index (χ1v) is 6.85. The molecule has 0 aromatic rings. The SMILES string of the molecule is [B]C([B])([B])OC1(C)CC(CC(CC)CCC)C1. The van der Waals surface area contributed by atoms with Crippen molar-refractivity contribution in [1.29, 1.82) is 0 Å². The van der Waals surface area contributed by atoms with Crippen molar-refractivity contribution < 1.29 is 4.74 Å². The smallest absolute Gasteiger partial charge is 0.0862 e. The van der Waals surface area contributed by atoms with E-state index in [0.717, 1.165) is 24.7 Å². The van der Waals surface area contributed by atoms with Gasteiger partial charge in [0.15, 0.2) is 0 Å². The van der Waals surface area contributed by atoms with Crippen molar-refractivity contribution in [2.24, 2.45) is 11.8 Å². The Morgan fingerprint density at radius 1 is 1.29 bits per heavy atom. The second kappa shape index (κ2) is 5.86. The third kappa shape index (κ3) is 5.12. The molecule has 1 unspecified atom stereocenters. The zero-order valence-corrected chi connectivity index (χ0v) is 11.5. The van der Waals surface area contributed by atoms with Gasteiger partial charge in [-0.15, -0.1) is 0 Å². The Balaban J connectivity index is 2.30. The van der Waals surface area contributed by atoms with Gasteiger partial charge in [0, 0.05) is 0 Å². The zero-order valence-electron chi connectivity index (χ0n) is 11.5. The second-order valence-corrected chi connectivity index (χ2v) is 5.98. The maximum absolute atomic E-state index is 5.50. The van der Waals surface area contributed by atoms with Gasteiger partial charge in [-0.1, -0.05) is 33.1 Å². The molecule has 1 rings (SSSR count). The lowest BCUT2D eigenvalue weighted by molar-refractivity contribution is -0.125. The fourth-order valence-electron chi connectivity index (χ4n) is 3.21. The predicted molar refractivity (Wildman–Crippen MR) is 75.5 cm³/mol. The molecule has 0 bridgehead atoms. The van der Waals surface area contributed by atoms with E-state index in [0.29, 0.717) is 0 Å². The number of hydrogen-bond acceptors (Lipinski definition) is 1. The quantitative estimate of drug-likeness (QED) is 0.608. The molecule has 0 aromatic carbocycles. The van der Waals surface area contributed by atoms with Gasteiger partial charge in [-0.3, -0.25) is 0 Å². The van der Waals surface area contributed by atoms with Crippen LogP contribution in [0.2, 0.25) is 0 Å². The monoisotopic (exact) mass is 228 g/mol. The summed E-state index contributed by atoms with van der Waals surface area (Å²) in [4.78, 5) is 0. The first-order valence-electron chi connectivity index (χ1n) is 6.85. The first-order chi connectivity index (χ1) is 7.78. The lowest BCUT2D eigenvalue weighted by Gasteiger charge is -2.50. The maximum Gasteiger partial charge on any atom is 0.0862 e. The molecule has 1 saturated carbocycles. The molecule has 90 valence electrons. The molecule has 6 radical (unpaired) electrons. The molecule has 1 atom stereocenters. The summed E-state index contributed by atoms with van der Waals surface area (Å²) in [6, 6.07) is 0. The van der Waals surface area contributed by atoms with Gasteiger partial charge in [0.2, 0.25) is 0 Å². The summed E-state index contributed by atoms with van der Waals surface area (Å²) in [6.07, 6.45) is 7.24. The van der Waals surface area contributed by atoms with Crippen LogP contribution >= 0.6 is 0 Å². The highest BCUT2D eigenvalue weighted by Gasteiger charge is 2.43. The zero-order chi connectivity index (χ0) is 13.1. The minimum Gasteiger partial charge on any atom is -0.397 e. The molecule has 0 heterocycles. The third-order valence-corrected chi connectivity index (χ3v) is 3.81. The van der Waals surface area contributed by atoms with Crippen LogP contribution in [-0.2, 0) is 4.74 Å². The van der Waals surface area contributed by atoms with Gasteiger partial charge < -0.3 is 4.74 Å². The van der Waals surface area contributed by atoms with Crippen LogP contribution in [0.4, 0.5) is 0 Å². The molecular formula is C13H23B3O. The molecule has 1 fully saturated rings. The molecule has 0 saturated heterocycles. The highest BCUT2D eigenvalue weighted by molar-refractivity contribution is 6.58. The maximum atomic E-state index is 5.50. The predicted octanol–water partition coefficient (Wildman–Crippen LogP) is 2.50. The Kier molecular flexibility index (Phi) is 5.25. The minimum atomic E-state index is -1.49. The summed E-state index contributed by atoms with van der Waals surface area (Å²) in [5.41, 5.74) is -0.215. The molecule has 4 heteroatoms. The minimum absolute atomic E-state index is 0.215. The van der Waals surface area contributed by atoms with E-state index in [2.05, 4.69) is 13.8 Å². The van der Waals surface area contributed by atoms with Gasteiger partial charge in [-0.25, -0.2) is 0 Å². The van der Waals surface area contributed by atoms with Crippen molar-refractivity contribution in [2.45, 2.75) is 70.2 Å². The summed E-state index contributed by atoms with van der Waals surface area (Å²) in [5, 5.41) is -1.49. The van der Waals surface area contributed by atoms with E-state index in [4.69, 9.17) is 28.3 Å². The fraction of sp³-hybridized carbons (Fsp3) is 1.00. The van der Waals surface area contributed by atoms with Gasteiger partial charge in [-0.05, 0) is 43.3 Å². The average Bonchev–Trinajstić information content (AvgIpc) is 2.11. The Hall–Kier alpha value is 0.155. The van der Waals surface area contributed by atoms with E-state index in [1.165, 1.54) is 25.7 Å². The molecule has 1 aliphatic rings. The Labute approximate surface area is 111 Å². The van der Waals surface area contributed by atoms with E-state index in [1.54, 1.807) is 0 Å².